The van der Waals surface area contributed by atoms with Gasteiger partial charge in [-0.1, -0.05) is 18.2 Å². The monoisotopic (exact) mass is 409 g/mol. The summed E-state index contributed by atoms with van der Waals surface area (Å²) in [6.45, 7) is 0.846. The molecule has 1 heterocycles. The van der Waals surface area contributed by atoms with Crippen molar-refractivity contribution in [3.8, 4) is 6.07 Å². The van der Waals surface area contributed by atoms with Crippen molar-refractivity contribution in [3.63, 3.8) is 0 Å². The van der Waals surface area contributed by atoms with Crippen LogP contribution in [-0.2, 0) is 34.2 Å². The van der Waals surface area contributed by atoms with Crippen molar-refractivity contribution in [1.82, 2.24) is 9.62 Å². The number of rotatable bonds is 5. The molecule has 2 aromatic rings. The number of hydrogen-bond donors (Lipinski definition) is 1. The summed E-state index contributed by atoms with van der Waals surface area (Å²) in [5.41, 5.74) is 3.71. The van der Waals surface area contributed by atoms with Gasteiger partial charge in [-0.05, 0) is 73.1 Å². The third-order valence-corrected chi connectivity index (χ3v) is 7.12. The lowest BCUT2D eigenvalue weighted by atomic mass is 9.92. The molecule has 1 N–H and O–H groups in total. The van der Waals surface area contributed by atoms with Crippen molar-refractivity contribution in [2.45, 2.75) is 49.6 Å². The van der Waals surface area contributed by atoms with E-state index >= 15 is 0 Å². The second kappa shape index (κ2) is 7.97. The molecular weight excluding hydrogens is 386 g/mol. The lowest BCUT2D eigenvalue weighted by Gasteiger charge is -2.19. The van der Waals surface area contributed by atoms with Gasteiger partial charge < -0.3 is 4.90 Å². The minimum Gasteiger partial charge on any atom is -0.337 e. The van der Waals surface area contributed by atoms with Gasteiger partial charge in [0.1, 0.15) is 6.04 Å². The van der Waals surface area contributed by atoms with Crippen LogP contribution in [0.3, 0.4) is 0 Å². The van der Waals surface area contributed by atoms with Crippen LogP contribution in [0, 0.1) is 11.3 Å². The zero-order valence-electron chi connectivity index (χ0n) is 16.1. The lowest BCUT2D eigenvalue weighted by molar-refractivity contribution is -0.129. The Kier molecular flexibility index (Phi) is 5.39. The largest absolute Gasteiger partial charge is 0.337 e. The molecule has 0 saturated carbocycles. The van der Waals surface area contributed by atoms with Gasteiger partial charge in [0, 0.05) is 13.1 Å². The second-order valence-electron chi connectivity index (χ2n) is 7.67. The van der Waals surface area contributed by atoms with Gasteiger partial charge in [0.15, 0.2) is 0 Å². The van der Waals surface area contributed by atoms with E-state index in [0.717, 1.165) is 36.8 Å². The van der Waals surface area contributed by atoms with Crippen LogP contribution in [0.1, 0.15) is 41.5 Å². The Morgan fingerprint density at radius 3 is 2.69 bits per heavy atom. The van der Waals surface area contributed by atoms with Gasteiger partial charge in [0.2, 0.25) is 15.9 Å². The van der Waals surface area contributed by atoms with E-state index in [4.69, 9.17) is 5.26 Å². The van der Waals surface area contributed by atoms with Crippen LogP contribution in [0.4, 0.5) is 0 Å². The first kappa shape index (κ1) is 19.6. The topological polar surface area (TPSA) is 90.3 Å². The molecule has 0 radical (unpaired) electrons. The molecule has 150 valence electrons. The molecule has 1 fully saturated rings. The highest BCUT2D eigenvalue weighted by molar-refractivity contribution is 7.89. The maximum atomic E-state index is 12.9. The molecule has 0 spiro atoms. The van der Waals surface area contributed by atoms with Crippen LogP contribution < -0.4 is 4.72 Å². The summed E-state index contributed by atoms with van der Waals surface area (Å²) in [4.78, 5) is 14.6. The maximum Gasteiger partial charge on any atom is 0.241 e. The fourth-order valence-electron chi connectivity index (χ4n) is 4.10. The molecule has 2 aliphatic rings. The van der Waals surface area contributed by atoms with E-state index in [9.17, 15) is 13.2 Å². The summed E-state index contributed by atoms with van der Waals surface area (Å²) >= 11 is 0. The van der Waals surface area contributed by atoms with Crippen LogP contribution in [-0.4, -0.2) is 31.8 Å². The molecule has 0 aromatic heterocycles. The number of hydrogen-bond acceptors (Lipinski definition) is 4. The standard InChI is InChI=1S/C22H23N3O3S/c23-14-16-4-3-5-17(12-16)15-25-11-10-21(22(25)26)24-29(27,28)20-9-8-18-6-1-2-7-19(18)13-20/h3-5,8-9,12-13,21,24H,1-2,6-7,10-11,15H2/t21-/m0/s1. The van der Waals surface area contributed by atoms with Crippen molar-refractivity contribution < 1.29 is 13.2 Å². The average molecular weight is 410 g/mol. The number of amides is 1. The number of fused-ring (bicyclic) bond motifs is 1. The van der Waals surface area contributed by atoms with E-state index in [-0.39, 0.29) is 10.8 Å². The Bertz CT molecular complexity index is 1090. The number of benzene rings is 2. The highest BCUT2D eigenvalue weighted by Gasteiger charge is 2.35. The Morgan fingerprint density at radius 1 is 1.10 bits per heavy atom. The fraction of sp³-hybridized carbons (Fsp3) is 0.364. The number of sulfonamides is 1. The molecule has 1 amide bonds. The Morgan fingerprint density at radius 2 is 1.90 bits per heavy atom. The van der Waals surface area contributed by atoms with Gasteiger partial charge in [-0.15, -0.1) is 0 Å². The first-order chi connectivity index (χ1) is 14.0. The molecule has 1 atom stereocenters. The molecule has 1 saturated heterocycles. The number of nitrogens with zero attached hydrogens (tertiary/aromatic N) is 2. The molecule has 0 bridgehead atoms. The van der Waals surface area contributed by atoms with Crippen molar-refractivity contribution in [1.29, 1.82) is 5.26 Å². The van der Waals surface area contributed by atoms with Gasteiger partial charge in [0.25, 0.3) is 0 Å². The molecule has 7 heteroatoms. The third kappa shape index (κ3) is 4.19. The minimum absolute atomic E-state index is 0.228. The number of likely N-dealkylation sites (tertiary alicyclic amines) is 1. The molecule has 0 unspecified atom stereocenters. The average Bonchev–Trinajstić information content (AvgIpc) is 3.06. The highest BCUT2D eigenvalue weighted by Crippen LogP contribution is 2.25. The van der Waals surface area contributed by atoms with Gasteiger partial charge in [-0.25, -0.2) is 8.42 Å². The quantitative estimate of drug-likeness (QED) is 0.822. The summed E-state index contributed by atoms with van der Waals surface area (Å²) in [5, 5.41) is 9.02. The first-order valence-electron chi connectivity index (χ1n) is 9.88. The maximum absolute atomic E-state index is 12.9. The summed E-state index contributed by atoms with van der Waals surface area (Å²) in [6, 6.07) is 13.7. The van der Waals surface area contributed by atoms with E-state index < -0.39 is 16.1 Å². The predicted octanol–water partition coefficient (Wildman–Crippen LogP) is 2.52. The Labute approximate surface area is 171 Å². The first-order valence-corrected chi connectivity index (χ1v) is 11.4. The van der Waals surface area contributed by atoms with E-state index in [2.05, 4.69) is 10.8 Å². The molecule has 2 aromatic carbocycles. The Balaban J connectivity index is 1.45. The zero-order chi connectivity index (χ0) is 20.4. The summed E-state index contributed by atoms with van der Waals surface area (Å²) in [6.07, 6.45) is 4.54. The van der Waals surface area contributed by atoms with Gasteiger partial charge in [-0.2, -0.15) is 9.98 Å². The van der Waals surface area contributed by atoms with Crippen LogP contribution in [0.2, 0.25) is 0 Å². The van der Waals surface area contributed by atoms with E-state index in [0.29, 0.717) is 25.1 Å². The molecular formula is C22H23N3O3S. The SMILES string of the molecule is N#Cc1cccc(CN2CC[C@H](NS(=O)(=O)c3ccc4c(c3)CCCC4)C2=O)c1. The minimum atomic E-state index is -3.76. The van der Waals surface area contributed by atoms with E-state index in [1.54, 1.807) is 35.2 Å². The van der Waals surface area contributed by atoms with Crippen LogP contribution in [0.25, 0.3) is 0 Å². The summed E-state index contributed by atoms with van der Waals surface area (Å²) in [7, 11) is -3.76. The molecule has 29 heavy (non-hydrogen) atoms. The summed E-state index contributed by atoms with van der Waals surface area (Å²) < 4.78 is 28.3. The smallest absolute Gasteiger partial charge is 0.241 e. The van der Waals surface area contributed by atoms with Gasteiger partial charge >= 0.3 is 0 Å². The van der Waals surface area contributed by atoms with Gasteiger partial charge in [-0.3, -0.25) is 4.79 Å². The van der Waals surface area contributed by atoms with Crippen molar-refractivity contribution in [2.75, 3.05) is 6.54 Å². The van der Waals surface area contributed by atoms with Crippen LogP contribution >= 0.6 is 0 Å². The second-order valence-corrected chi connectivity index (χ2v) is 9.39. The molecule has 4 rings (SSSR count). The lowest BCUT2D eigenvalue weighted by Crippen LogP contribution is -2.41. The highest BCUT2D eigenvalue weighted by atomic mass is 32.2. The number of carbonyl (C=O) groups excluding carboxylic acids is 1. The molecule has 1 aliphatic carbocycles. The van der Waals surface area contributed by atoms with Crippen LogP contribution in [0.15, 0.2) is 47.4 Å². The van der Waals surface area contributed by atoms with Crippen LogP contribution in [0.5, 0.6) is 0 Å². The number of aryl methyl sites for hydroxylation is 2. The van der Waals surface area contributed by atoms with Crippen molar-refractivity contribution in [2.24, 2.45) is 0 Å². The van der Waals surface area contributed by atoms with Gasteiger partial charge in [0.05, 0.1) is 16.5 Å². The van der Waals surface area contributed by atoms with Crippen molar-refractivity contribution >= 4 is 15.9 Å². The number of nitriles is 1. The normalized spacial score (nSPS) is 19.1. The zero-order valence-corrected chi connectivity index (χ0v) is 16.9. The Hall–Kier alpha value is -2.69. The van der Waals surface area contributed by atoms with E-state index in [1.807, 2.05) is 12.1 Å². The fourth-order valence-corrected chi connectivity index (χ4v) is 5.37. The number of nitrogens with one attached hydrogen (secondary N) is 1. The predicted molar refractivity (Wildman–Crippen MR) is 108 cm³/mol. The summed E-state index contributed by atoms with van der Waals surface area (Å²) in [5.74, 6) is -0.228. The van der Waals surface area contributed by atoms with Crippen molar-refractivity contribution in [3.05, 3.63) is 64.7 Å². The molecule has 1 aliphatic heterocycles. The van der Waals surface area contributed by atoms with E-state index in [1.165, 1.54) is 5.56 Å². The third-order valence-electron chi connectivity index (χ3n) is 5.65. The number of carbonyl (C=O) groups is 1. The molecule has 6 nitrogen and oxygen atoms in total.